The summed E-state index contributed by atoms with van der Waals surface area (Å²) < 4.78 is 10.9. The number of carbonyl (C=O) groups is 4. The largest absolute Gasteiger partial charge is 0.444 e. The summed E-state index contributed by atoms with van der Waals surface area (Å²) in [5.74, 6) is 0.129. The second-order valence-corrected chi connectivity index (χ2v) is 34.4. The van der Waals surface area contributed by atoms with Crippen molar-refractivity contribution in [3.8, 4) is 21.1 Å². The number of amides is 4. The molecule has 5 aromatic rings. The minimum absolute atomic E-state index is 0.00645. The van der Waals surface area contributed by atoms with E-state index in [1.54, 1.807) is 27.6 Å². The van der Waals surface area contributed by atoms with Crippen LogP contribution in [0.2, 0.25) is 0 Å². The number of hydrogen-bond donors (Lipinski definition) is 3. The number of piperidine rings is 3. The van der Waals surface area contributed by atoms with E-state index < -0.39 is 11.2 Å². The molecule has 3 N–H and O–H groups in total. The smallest absolute Gasteiger partial charge is 0.410 e. The van der Waals surface area contributed by atoms with E-state index in [0.717, 1.165) is 53.8 Å². The van der Waals surface area contributed by atoms with Gasteiger partial charge in [0, 0.05) is 60.6 Å². The van der Waals surface area contributed by atoms with Crippen LogP contribution in [0.4, 0.5) is 9.59 Å². The van der Waals surface area contributed by atoms with Gasteiger partial charge in [0.05, 0.1) is 0 Å². The Hall–Kier alpha value is -5.78. The number of nitrogens with one attached hydrogen (secondary N) is 3. The number of nitrogens with zero attached hydrogens (tertiary/aromatic N) is 6. The minimum Gasteiger partial charge on any atom is -0.444 e. The van der Waals surface area contributed by atoms with Crippen molar-refractivity contribution in [2.24, 2.45) is 5.92 Å². The molecule has 6 aliphatic rings. The molecule has 2 aromatic heterocycles. The fourth-order valence-corrected chi connectivity index (χ4v) is 15.9. The van der Waals surface area contributed by atoms with Crippen LogP contribution in [-0.2, 0) is 46.8 Å². The Morgan fingerprint density at radius 1 is 0.467 bits per heavy atom. The van der Waals surface area contributed by atoms with E-state index in [1.807, 2.05) is 58.6 Å². The van der Waals surface area contributed by atoms with Crippen LogP contribution in [0.1, 0.15) is 267 Å². The monoisotopic (exact) mass is 1270 g/mol. The minimum atomic E-state index is -0.544. The van der Waals surface area contributed by atoms with E-state index in [2.05, 4.69) is 162 Å². The van der Waals surface area contributed by atoms with Crippen LogP contribution in [0.3, 0.4) is 0 Å². The Kier molecular flexibility index (Phi) is 20.1. The Morgan fingerprint density at radius 2 is 0.822 bits per heavy atom. The summed E-state index contributed by atoms with van der Waals surface area (Å²) in [4.78, 5) is 53.4. The van der Waals surface area contributed by atoms with E-state index in [9.17, 15) is 19.2 Å². The molecule has 3 fully saturated rings. The van der Waals surface area contributed by atoms with Gasteiger partial charge in [0.2, 0.25) is 5.91 Å². The molecule has 3 saturated heterocycles. The van der Waals surface area contributed by atoms with Crippen LogP contribution in [0.15, 0.2) is 54.6 Å². The molecule has 5 heterocycles. The molecule has 4 amide bonds. The van der Waals surface area contributed by atoms with Crippen molar-refractivity contribution in [3.05, 3.63) is 104 Å². The summed E-state index contributed by atoms with van der Waals surface area (Å²) >= 11 is 3.50. The molecule has 0 saturated carbocycles. The zero-order chi connectivity index (χ0) is 65.6. The number of rotatable bonds is 6. The lowest BCUT2D eigenvalue weighted by atomic mass is 9.63. The fourth-order valence-electron chi connectivity index (χ4n) is 13.9. The van der Waals surface area contributed by atoms with Crippen LogP contribution >= 0.6 is 22.7 Å². The molecular weight excluding hydrogens is 1160 g/mol. The maximum absolute atomic E-state index is 12.8. The maximum atomic E-state index is 12.8. The van der Waals surface area contributed by atoms with Crippen molar-refractivity contribution in [3.63, 3.8) is 0 Å². The highest BCUT2D eigenvalue weighted by molar-refractivity contribution is 7.15. The fraction of sp³-hybridized carbons (Fsp3) is 0.644. The first-order valence-corrected chi connectivity index (χ1v) is 34.9. The summed E-state index contributed by atoms with van der Waals surface area (Å²) in [6, 6.07) is 19.7. The molecule has 0 spiro atoms. The van der Waals surface area contributed by atoms with Crippen LogP contribution in [0, 0.1) is 5.92 Å². The van der Waals surface area contributed by atoms with Gasteiger partial charge >= 0.3 is 12.2 Å². The van der Waals surface area contributed by atoms with Gasteiger partial charge in [0.25, 0.3) is 5.91 Å². The molecule has 15 nitrogen and oxygen atoms in total. The summed E-state index contributed by atoms with van der Waals surface area (Å²) in [7, 11) is 0. The highest BCUT2D eigenvalue weighted by Crippen LogP contribution is 2.50. The van der Waals surface area contributed by atoms with Crippen LogP contribution in [-0.4, -0.2) is 105 Å². The normalized spacial score (nSPS) is 20.9. The molecule has 90 heavy (non-hydrogen) atoms. The van der Waals surface area contributed by atoms with Gasteiger partial charge in [0.1, 0.15) is 31.2 Å². The number of hydrazine groups is 1. The molecule has 17 heteroatoms. The third-order valence-electron chi connectivity index (χ3n) is 20.2. The van der Waals surface area contributed by atoms with Crippen molar-refractivity contribution in [2.45, 2.75) is 257 Å². The van der Waals surface area contributed by atoms with Gasteiger partial charge in [0.15, 0.2) is 0 Å². The summed E-state index contributed by atoms with van der Waals surface area (Å²) in [5, 5.41) is 26.0. The molecule has 0 unspecified atom stereocenters. The van der Waals surface area contributed by atoms with Gasteiger partial charge in [-0.15, -0.1) is 20.4 Å². The Labute approximate surface area is 545 Å². The van der Waals surface area contributed by atoms with Crippen LogP contribution in [0.25, 0.3) is 21.1 Å². The topological polar surface area (TPSA) is 181 Å². The number of aromatic nitrogens is 4. The molecule has 11 rings (SSSR count). The van der Waals surface area contributed by atoms with E-state index >= 15 is 0 Å². The SMILES string of the molecule is CC(C)(C)OC(=O)N1CCC(C(=O)NNC(=O)c2ccc3c(c2)C(C)(C)CCC3(C)C)CC1.CC(C)(C)OC(=O)N1CCC(c2nnc(-c3ccc4c(c3)C(C)(C)CCC4(C)C)s2)CC1.CC1(C)CCC(C)(C)c2cc(-c3nnc(C4CCNCC4)s3)ccc21. The molecular formula is C73H105N9O6S2. The Morgan fingerprint density at radius 3 is 1.22 bits per heavy atom. The molecule has 490 valence electrons. The quantitative estimate of drug-likeness (QED) is 0.138. The second kappa shape index (κ2) is 26.3. The second-order valence-electron chi connectivity index (χ2n) is 32.4. The van der Waals surface area contributed by atoms with Crippen LogP contribution in [0.5, 0.6) is 0 Å². The van der Waals surface area contributed by atoms with Crippen molar-refractivity contribution in [1.29, 1.82) is 0 Å². The first-order chi connectivity index (χ1) is 41.9. The third-order valence-corrected chi connectivity index (χ3v) is 22.5. The lowest BCUT2D eigenvalue weighted by molar-refractivity contribution is -0.127. The standard InChI is InChI=1S/C26H39N3O4.C26H37N3O2S.C21H29N3S/c1-24(2,3)33-23(32)29-14-10-17(11-15-29)21(30)27-28-22(31)18-8-9-19-20(16-18)26(6,7)13-12-25(19,4)5;1-24(2,3)31-23(30)29-14-10-17(11-15-29)21-27-28-22(32-21)18-8-9-19-20(16-18)26(6,7)13-12-25(19,4)5;1-20(2)9-10-21(3,4)17-13-15(5-6-16(17)20)19-24-23-18(25-19)14-7-11-22-12-8-14/h8-9,16-17H,10-15H2,1-7H3,(H,27,30)(H,28,31);8-9,16-17H,10-15H2,1-7H3;5-6,13-14,22H,7-12H2,1-4H3. The van der Waals surface area contributed by atoms with E-state index in [4.69, 9.17) is 9.47 Å². The predicted molar refractivity (Wildman–Crippen MR) is 364 cm³/mol. The number of hydrogen-bond acceptors (Lipinski definition) is 13. The number of fused-ring (bicyclic) bond motifs is 3. The number of likely N-dealkylation sites (tertiary alicyclic amines) is 2. The molecule has 3 aromatic carbocycles. The van der Waals surface area contributed by atoms with Crippen LogP contribution < -0.4 is 16.2 Å². The van der Waals surface area contributed by atoms with Gasteiger partial charge in [-0.05, 0) is 222 Å². The molecule has 0 bridgehead atoms. The van der Waals surface area contributed by atoms with E-state index in [1.165, 1.54) is 88.0 Å². The number of benzene rings is 3. The molecule has 0 radical (unpaired) electrons. The van der Waals surface area contributed by atoms with Crippen molar-refractivity contribution in [1.82, 2.24) is 46.4 Å². The lowest BCUT2D eigenvalue weighted by Gasteiger charge is -2.42. The van der Waals surface area contributed by atoms with Crippen molar-refractivity contribution < 1.29 is 28.7 Å². The highest BCUT2D eigenvalue weighted by atomic mass is 32.1. The predicted octanol–water partition coefficient (Wildman–Crippen LogP) is 16.1. The zero-order valence-corrected chi connectivity index (χ0v) is 59.2. The molecule has 0 atom stereocenters. The van der Waals surface area contributed by atoms with Gasteiger partial charge in [-0.1, -0.05) is 136 Å². The zero-order valence-electron chi connectivity index (χ0n) is 57.6. The number of ether oxygens (including phenoxy) is 2. The average molecular weight is 1270 g/mol. The van der Waals surface area contributed by atoms with E-state index in [-0.39, 0.29) is 62.4 Å². The lowest BCUT2D eigenvalue weighted by Crippen LogP contribution is -2.48. The average Bonchev–Trinajstić information content (AvgIpc) is 0.932. The Balaban J connectivity index is 0.000000162. The van der Waals surface area contributed by atoms with Gasteiger partial charge in [-0.2, -0.15) is 0 Å². The van der Waals surface area contributed by atoms with Crippen molar-refractivity contribution in [2.75, 3.05) is 39.3 Å². The number of carbonyl (C=O) groups excluding carboxylic acids is 4. The van der Waals surface area contributed by atoms with Gasteiger partial charge in [-0.25, -0.2) is 9.59 Å². The van der Waals surface area contributed by atoms with E-state index in [0.29, 0.717) is 56.4 Å². The van der Waals surface area contributed by atoms with Crippen molar-refractivity contribution >= 4 is 46.7 Å². The first kappa shape index (κ1) is 68.6. The molecule has 3 aliphatic carbocycles. The Bertz CT molecular complexity index is 3390. The third kappa shape index (κ3) is 16.2. The summed E-state index contributed by atoms with van der Waals surface area (Å²) in [6.45, 7) is 43.6. The molecule has 3 aliphatic heterocycles. The van der Waals surface area contributed by atoms with Gasteiger partial charge in [-0.3, -0.25) is 20.4 Å². The highest BCUT2D eigenvalue weighted by Gasteiger charge is 2.41. The first-order valence-electron chi connectivity index (χ1n) is 33.3. The maximum Gasteiger partial charge on any atom is 0.410 e. The van der Waals surface area contributed by atoms with Gasteiger partial charge < -0.3 is 24.6 Å². The summed E-state index contributed by atoms with van der Waals surface area (Å²) in [6.07, 6.45) is 11.8. The summed E-state index contributed by atoms with van der Waals surface area (Å²) in [5.41, 5.74) is 16.5.